The van der Waals surface area contributed by atoms with Gasteiger partial charge >= 0.3 is 0 Å². The minimum absolute atomic E-state index is 0.136. The van der Waals surface area contributed by atoms with Crippen LogP contribution < -0.4 is 10.5 Å². The van der Waals surface area contributed by atoms with Crippen LogP contribution in [0.2, 0.25) is 0 Å². The van der Waals surface area contributed by atoms with Crippen molar-refractivity contribution in [2.24, 2.45) is 0 Å². The van der Waals surface area contributed by atoms with Crippen molar-refractivity contribution in [3.63, 3.8) is 0 Å². The highest BCUT2D eigenvalue weighted by atomic mass is 32.1. The lowest BCUT2D eigenvalue weighted by Crippen LogP contribution is -1.94. The molecule has 1 aromatic carbocycles. The molecule has 1 aromatic heterocycles. The van der Waals surface area contributed by atoms with Gasteiger partial charge in [0, 0.05) is 11.8 Å². The second-order valence-corrected chi connectivity index (χ2v) is 4.07. The number of thiazole rings is 1. The Bertz CT molecular complexity index is 528. The molecule has 0 aliphatic rings. The summed E-state index contributed by atoms with van der Waals surface area (Å²) in [6.45, 7) is 0. The number of anilines is 1. The van der Waals surface area contributed by atoms with Gasteiger partial charge in [0.1, 0.15) is 0 Å². The van der Waals surface area contributed by atoms with E-state index in [2.05, 4.69) is 4.98 Å². The van der Waals surface area contributed by atoms with Crippen LogP contribution in [-0.4, -0.2) is 12.1 Å². The Hall–Kier alpha value is -1.69. The van der Waals surface area contributed by atoms with Gasteiger partial charge in [-0.15, -0.1) is 0 Å². The molecule has 0 radical (unpaired) electrons. The quantitative estimate of drug-likeness (QED) is 0.880. The van der Waals surface area contributed by atoms with Crippen LogP contribution >= 0.6 is 11.3 Å². The fourth-order valence-electron chi connectivity index (χ4n) is 1.34. The molecule has 3 nitrogen and oxygen atoms in total. The first-order chi connectivity index (χ1) is 7.63. The van der Waals surface area contributed by atoms with E-state index in [1.54, 1.807) is 0 Å². The zero-order chi connectivity index (χ0) is 11.7. The first-order valence-electron chi connectivity index (χ1n) is 4.37. The van der Waals surface area contributed by atoms with Crippen molar-refractivity contribution in [3.8, 4) is 16.2 Å². The molecule has 16 heavy (non-hydrogen) atoms. The molecule has 84 valence electrons. The molecule has 2 rings (SSSR count). The fraction of sp³-hybridized carbons (Fsp3) is 0.100. The molecular weight excluding hydrogens is 234 g/mol. The summed E-state index contributed by atoms with van der Waals surface area (Å²) in [4.78, 5) is 4.48. The molecule has 0 bridgehead atoms. The number of methoxy groups -OCH3 is 1. The fourth-order valence-corrected chi connectivity index (χ4v) is 2.04. The maximum atomic E-state index is 13.4. The van der Waals surface area contributed by atoms with Crippen LogP contribution in [0.25, 0.3) is 10.4 Å². The maximum Gasteiger partial charge on any atom is 0.201 e. The topological polar surface area (TPSA) is 48.1 Å². The molecule has 0 aliphatic heterocycles. The predicted molar refractivity (Wildman–Crippen MR) is 58.4 cm³/mol. The highest BCUT2D eigenvalue weighted by Gasteiger charge is 2.16. The van der Waals surface area contributed by atoms with Crippen molar-refractivity contribution < 1.29 is 13.5 Å². The number of rotatable bonds is 2. The summed E-state index contributed by atoms with van der Waals surface area (Å²) in [7, 11) is 1.28. The SMILES string of the molecule is COc1c(-c2cnc(N)s2)ccc(F)c1F. The number of nitrogens with two attached hydrogens (primary N) is 1. The van der Waals surface area contributed by atoms with Crippen LogP contribution in [0.3, 0.4) is 0 Å². The van der Waals surface area contributed by atoms with Crippen molar-refractivity contribution in [1.29, 1.82) is 0 Å². The predicted octanol–water partition coefficient (Wildman–Crippen LogP) is 2.68. The lowest BCUT2D eigenvalue weighted by atomic mass is 10.1. The van der Waals surface area contributed by atoms with Crippen molar-refractivity contribution in [2.45, 2.75) is 0 Å². The van der Waals surface area contributed by atoms with Gasteiger partial charge in [-0.05, 0) is 12.1 Å². The summed E-state index contributed by atoms with van der Waals surface area (Å²) in [5, 5.41) is 0.363. The Labute approximate surface area is 94.5 Å². The Balaban J connectivity index is 2.61. The molecule has 0 saturated heterocycles. The number of hydrogen-bond acceptors (Lipinski definition) is 4. The van der Waals surface area contributed by atoms with Crippen LogP contribution in [0.1, 0.15) is 0 Å². The average molecular weight is 242 g/mol. The first-order valence-corrected chi connectivity index (χ1v) is 5.18. The molecule has 2 aromatic rings. The highest BCUT2D eigenvalue weighted by molar-refractivity contribution is 7.18. The summed E-state index contributed by atoms with van der Waals surface area (Å²) in [6, 6.07) is 2.48. The van der Waals surface area contributed by atoms with Gasteiger partial charge in [-0.1, -0.05) is 11.3 Å². The molecule has 0 fully saturated rings. The number of halogens is 2. The second-order valence-electron chi connectivity index (χ2n) is 3.00. The van der Waals surface area contributed by atoms with Gasteiger partial charge in [-0.3, -0.25) is 0 Å². The molecule has 0 unspecified atom stereocenters. The average Bonchev–Trinajstić information content (AvgIpc) is 2.68. The Morgan fingerprint density at radius 3 is 2.69 bits per heavy atom. The van der Waals surface area contributed by atoms with Gasteiger partial charge in [0.15, 0.2) is 16.7 Å². The summed E-state index contributed by atoms with van der Waals surface area (Å²) >= 11 is 1.18. The summed E-state index contributed by atoms with van der Waals surface area (Å²) in [5.74, 6) is -2.09. The van der Waals surface area contributed by atoms with E-state index in [1.807, 2.05) is 0 Å². The van der Waals surface area contributed by atoms with E-state index in [0.29, 0.717) is 15.6 Å². The Morgan fingerprint density at radius 2 is 2.12 bits per heavy atom. The number of ether oxygens (including phenoxy) is 1. The van der Waals surface area contributed by atoms with Crippen molar-refractivity contribution in [2.75, 3.05) is 12.8 Å². The van der Waals surface area contributed by atoms with E-state index in [9.17, 15) is 8.78 Å². The van der Waals surface area contributed by atoms with Gasteiger partial charge in [0.2, 0.25) is 5.82 Å². The Morgan fingerprint density at radius 1 is 1.38 bits per heavy atom. The molecular formula is C10H8F2N2OS. The molecule has 0 atom stereocenters. The smallest absolute Gasteiger partial charge is 0.201 e. The van der Waals surface area contributed by atoms with Crippen LogP contribution in [0.15, 0.2) is 18.3 Å². The third kappa shape index (κ3) is 1.71. The van der Waals surface area contributed by atoms with Crippen LogP contribution in [0.5, 0.6) is 5.75 Å². The third-order valence-corrected chi connectivity index (χ3v) is 2.90. The van der Waals surface area contributed by atoms with E-state index in [-0.39, 0.29) is 5.75 Å². The number of nitrogen functional groups attached to an aromatic ring is 1. The molecule has 0 spiro atoms. The maximum absolute atomic E-state index is 13.4. The lowest BCUT2D eigenvalue weighted by molar-refractivity contribution is 0.373. The third-order valence-electron chi connectivity index (χ3n) is 2.04. The number of aromatic nitrogens is 1. The number of nitrogens with zero attached hydrogens (tertiary/aromatic N) is 1. The van der Waals surface area contributed by atoms with E-state index in [4.69, 9.17) is 10.5 Å². The molecule has 0 aliphatic carbocycles. The van der Waals surface area contributed by atoms with Crippen molar-refractivity contribution >= 4 is 16.5 Å². The standard InChI is InChI=1S/C10H8F2N2OS/c1-15-9-5(2-3-6(11)8(9)12)7-4-14-10(13)16-7/h2-4H,1H3,(H2,13,14). The van der Waals surface area contributed by atoms with Gasteiger partial charge in [-0.2, -0.15) is 4.39 Å². The van der Waals surface area contributed by atoms with Crippen molar-refractivity contribution in [1.82, 2.24) is 4.98 Å². The molecule has 1 heterocycles. The first kappa shape index (κ1) is 10.8. The van der Waals surface area contributed by atoms with Gasteiger partial charge in [0.25, 0.3) is 0 Å². The van der Waals surface area contributed by atoms with Crippen LogP contribution in [0.4, 0.5) is 13.9 Å². The highest BCUT2D eigenvalue weighted by Crippen LogP contribution is 2.36. The van der Waals surface area contributed by atoms with Gasteiger partial charge in [0.05, 0.1) is 12.0 Å². The molecule has 0 saturated carbocycles. The second kappa shape index (κ2) is 4.05. The minimum Gasteiger partial charge on any atom is -0.493 e. The number of benzene rings is 1. The van der Waals surface area contributed by atoms with E-state index >= 15 is 0 Å². The molecule has 0 amide bonds. The normalized spacial score (nSPS) is 10.4. The van der Waals surface area contributed by atoms with Gasteiger partial charge in [-0.25, -0.2) is 9.37 Å². The van der Waals surface area contributed by atoms with E-state index in [0.717, 1.165) is 6.07 Å². The lowest BCUT2D eigenvalue weighted by Gasteiger charge is -2.07. The van der Waals surface area contributed by atoms with Crippen LogP contribution in [-0.2, 0) is 0 Å². The zero-order valence-corrected chi connectivity index (χ0v) is 9.15. The summed E-state index contributed by atoms with van der Waals surface area (Å²) < 4.78 is 31.2. The minimum atomic E-state index is -1.01. The molecule has 6 heteroatoms. The Kier molecular flexibility index (Phi) is 2.74. The van der Waals surface area contributed by atoms with Crippen LogP contribution in [0, 0.1) is 11.6 Å². The van der Waals surface area contributed by atoms with E-state index in [1.165, 1.54) is 30.7 Å². The van der Waals surface area contributed by atoms with Crippen molar-refractivity contribution in [3.05, 3.63) is 30.0 Å². The monoisotopic (exact) mass is 242 g/mol. The zero-order valence-electron chi connectivity index (χ0n) is 8.33. The van der Waals surface area contributed by atoms with E-state index < -0.39 is 11.6 Å². The van der Waals surface area contributed by atoms with Gasteiger partial charge < -0.3 is 10.5 Å². The molecule has 2 N–H and O–H groups in total. The number of hydrogen-bond donors (Lipinski definition) is 1. The largest absolute Gasteiger partial charge is 0.493 e. The summed E-state index contributed by atoms with van der Waals surface area (Å²) in [5.41, 5.74) is 5.91. The summed E-state index contributed by atoms with van der Waals surface area (Å²) in [6.07, 6.45) is 1.50.